The van der Waals surface area contributed by atoms with E-state index < -0.39 is 0 Å². The van der Waals surface area contributed by atoms with Crippen molar-refractivity contribution in [1.82, 2.24) is 15.5 Å². The third-order valence-electron chi connectivity index (χ3n) is 3.44. The summed E-state index contributed by atoms with van der Waals surface area (Å²) in [4.78, 5) is 14.0. The molecule has 0 saturated carbocycles. The largest absolute Gasteiger partial charge is 0.356 e. The molecule has 116 valence electrons. The Balaban J connectivity index is 0. The summed E-state index contributed by atoms with van der Waals surface area (Å²) >= 11 is 0. The molecule has 0 aliphatic carbocycles. The number of hydrogen-bond acceptors (Lipinski definition) is 3. The number of rotatable bonds is 7. The lowest BCUT2D eigenvalue weighted by Crippen LogP contribution is -2.39. The average molecular weight is 314 g/mol. The number of amides is 1. The Kier molecular flexibility index (Phi) is 14.5. The van der Waals surface area contributed by atoms with E-state index >= 15 is 0 Å². The van der Waals surface area contributed by atoms with Crippen molar-refractivity contribution < 1.29 is 4.79 Å². The molecular formula is C13H29Cl2N3O. The summed E-state index contributed by atoms with van der Waals surface area (Å²) in [7, 11) is 1.87. The SMILES string of the molecule is CCCN1CCC(CNC(=O)CCNC)CC1.Cl.Cl. The smallest absolute Gasteiger partial charge is 0.221 e. The van der Waals surface area contributed by atoms with Gasteiger partial charge in [-0.1, -0.05) is 6.92 Å². The highest BCUT2D eigenvalue weighted by Crippen LogP contribution is 2.16. The fraction of sp³-hybridized carbons (Fsp3) is 0.923. The maximum absolute atomic E-state index is 11.4. The van der Waals surface area contributed by atoms with Crippen molar-refractivity contribution in [2.45, 2.75) is 32.6 Å². The number of nitrogens with zero attached hydrogens (tertiary/aromatic N) is 1. The highest BCUT2D eigenvalue weighted by molar-refractivity contribution is 5.85. The Bertz CT molecular complexity index is 222. The lowest BCUT2D eigenvalue weighted by Gasteiger charge is -2.31. The predicted molar refractivity (Wildman–Crippen MR) is 85.5 cm³/mol. The molecule has 1 aliphatic rings. The van der Waals surface area contributed by atoms with Crippen LogP contribution in [0.5, 0.6) is 0 Å². The van der Waals surface area contributed by atoms with Gasteiger partial charge < -0.3 is 15.5 Å². The monoisotopic (exact) mass is 313 g/mol. The summed E-state index contributed by atoms with van der Waals surface area (Å²) in [5, 5.41) is 6.03. The van der Waals surface area contributed by atoms with Crippen LogP contribution in [0.3, 0.4) is 0 Å². The summed E-state index contributed by atoms with van der Waals surface area (Å²) in [5.74, 6) is 0.858. The molecule has 1 rings (SSSR count). The topological polar surface area (TPSA) is 44.4 Å². The predicted octanol–water partition coefficient (Wildman–Crippen LogP) is 1.68. The highest BCUT2D eigenvalue weighted by Gasteiger charge is 2.18. The van der Waals surface area contributed by atoms with Gasteiger partial charge in [0.05, 0.1) is 0 Å². The van der Waals surface area contributed by atoms with E-state index in [1.807, 2.05) is 7.05 Å². The molecule has 0 atom stereocenters. The minimum atomic E-state index is 0. The van der Waals surface area contributed by atoms with Crippen LogP contribution < -0.4 is 10.6 Å². The maximum Gasteiger partial charge on any atom is 0.221 e. The highest BCUT2D eigenvalue weighted by atomic mass is 35.5. The summed E-state index contributed by atoms with van der Waals surface area (Å²) in [5.41, 5.74) is 0. The molecule has 0 unspecified atom stereocenters. The van der Waals surface area contributed by atoms with Crippen molar-refractivity contribution in [1.29, 1.82) is 0 Å². The molecular weight excluding hydrogens is 285 g/mol. The standard InChI is InChI=1S/C13H27N3O.2ClH/c1-3-8-16-9-5-12(6-10-16)11-15-13(17)4-7-14-2;;/h12,14H,3-11H2,1-2H3,(H,15,17);2*1H. The van der Waals surface area contributed by atoms with Crippen LogP contribution in [0.1, 0.15) is 32.6 Å². The van der Waals surface area contributed by atoms with Crippen LogP contribution in [0.15, 0.2) is 0 Å². The molecule has 0 aromatic carbocycles. The third kappa shape index (κ3) is 9.50. The molecule has 1 amide bonds. The van der Waals surface area contributed by atoms with Gasteiger partial charge in [-0.3, -0.25) is 4.79 Å². The lowest BCUT2D eigenvalue weighted by molar-refractivity contribution is -0.121. The first kappa shape index (κ1) is 21.3. The van der Waals surface area contributed by atoms with E-state index in [1.54, 1.807) is 0 Å². The first-order valence-corrected chi connectivity index (χ1v) is 6.90. The van der Waals surface area contributed by atoms with Gasteiger partial charge in [-0.15, -0.1) is 24.8 Å². The van der Waals surface area contributed by atoms with E-state index in [4.69, 9.17) is 0 Å². The van der Waals surface area contributed by atoms with Crippen molar-refractivity contribution in [3.63, 3.8) is 0 Å². The zero-order chi connectivity index (χ0) is 12.5. The van der Waals surface area contributed by atoms with E-state index in [0.29, 0.717) is 12.3 Å². The first-order valence-electron chi connectivity index (χ1n) is 6.90. The van der Waals surface area contributed by atoms with Crippen LogP contribution in [-0.4, -0.2) is 50.6 Å². The number of hydrogen-bond donors (Lipinski definition) is 2. The Morgan fingerprint density at radius 3 is 2.42 bits per heavy atom. The van der Waals surface area contributed by atoms with Crippen LogP contribution in [0.25, 0.3) is 0 Å². The number of likely N-dealkylation sites (tertiary alicyclic amines) is 1. The molecule has 0 aromatic heterocycles. The van der Waals surface area contributed by atoms with Gasteiger partial charge in [0.1, 0.15) is 0 Å². The number of carbonyl (C=O) groups excluding carboxylic acids is 1. The average Bonchev–Trinajstić information content (AvgIpc) is 2.36. The molecule has 4 nitrogen and oxygen atoms in total. The maximum atomic E-state index is 11.4. The molecule has 19 heavy (non-hydrogen) atoms. The molecule has 0 radical (unpaired) electrons. The molecule has 6 heteroatoms. The van der Waals surface area contributed by atoms with Gasteiger partial charge in [0.25, 0.3) is 0 Å². The third-order valence-corrected chi connectivity index (χ3v) is 3.44. The molecule has 2 N–H and O–H groups in total. The minimum absolute atomic E-state index is 0. The number of nitrogens with one attached hydrogen (secondary N) is 2. The fourth-order valence-corrected chi connectivity index (χ4v) is 2.32. The van der Waals surface area contributed by atoms with Crippen LogP contribution in [0.4, 0.5) is 0 Å². The number of piperidine rings is 1. The van der Waals surface area contributed by atoms with Crippen LogP contribution in [0.2, 0.25) is 0 Å². The molecule has 1 heterocycles. The van der Waals surface area contributed by atoms with E-state index in [2.05, 4.69) is 22.5 Å². The minimum Gasteiger partial charge on any atom is -0.356 e. The van der Waals surface area contributed by atoms with Gasteiger partial charge in [-0.05, 0) is 51.9 Å². The van der Waals surface area contributed by atoms with Crippen LogP contribution in [-0.2, 0) is 4.79 Å². The molecule has 0 bridgehead atoms. The molecule has 1 saturated heterocycles. The zero-order valence-electron chi connectivity index (χ0n) is 12.1. The van der Waals surface area contributed by atoms with Crippen LogP contribution >= 0.6 is 24.8 Å². The zero-order valence-corrected chi connectivity index (χ0v) is 13.7. The first-order chi connectivity index (χ1) is 8.26. The van der Waals surface area contributed by atoms with E-state index in [1.165, 1.54) is 38.9 Å². The van der Waals surface area contributed by atoms with Gasteiger partial charge in [-0.2, -0.15) is 0 Å². The summed E-state index contributed by atoms with van der Waals surface area (Å²) < 4.78 is 0. The number of halogens is 2. The Labute approximate surface area is 129 Å². The van der Waals surface area contributed by atoms with E-state index in [-0.39, 0.29) is 30.7 Å². The normalized spacial score (nSPS) is 16.3. The Hall–Kier alpha value is -0.0300. The van der Waals surface area contributed by atoms with Gasteiger partial charge in [-0.25, -0.2) is 0 Å². The van der Waals surface area contributed by atoms with Crippen molar-refractivity contribution in [3.8, 4) is 0 Å². The molecule has 1 aliphatic heterocycles. The van der Waals surface area contributed by atoms with Crippen molar-refractivity contribution >= 4 is 30.7 Å². The van der Waals surface area contributed by atoms with Crippen molar-refractivity contribution in [2.24, 2.45) is 5.92 Å². The summed E-state index contributed by atoms with van der Waals surface area (Å²) in [6.45, 7) is 7.48. The molecule has 0 spiro atoms. The quantitative estimate of drug-likeness (QED) is 0.751. The van der Waals surface area contributed by atoms with Gasteiger partial charge in [0.15, 0.2) is 0 Å². The molecule has 1 fully saturated rings. The van der Waals surface area contributed by atoms with E-state index in [0.717, 1.165) is 13.1 Å². The van der Waals surface area contributed by atoms with Crippen molar-refractivity contribution in [3.05, 3.63) is 0 Å². The van der Waals surface area contributed by atoms with E-state index in [9.17, 15) is 4.79 Å². The van der Waals surface area contributed by atoms with Gasteiger partial charge >= 0.3 is 0 Å². The van der Waals surface area contributed by atoms with Gasteiger partial charge in [0.2, 0.25) is 5.91 Å². The second kappa shape index (κ2) is 13.0. The second-order valence-electron chi connectivity index (χ2n) is 4.94. The molecule has 0 aromatic rings. The Morgan fingerprint density at radius 2 is 1.89 bits per heavy atom. The number of carbonyl (C=O) groups is 1. The summed E-state index contributed by atoms with van der Waals surface area (Å²) in [6, 6.07) is 0. The van der Waals surface area contributed by atoms with Crippen LogP contribution in [0, 0.1) is 5.92 Å². The second-order valence-corrected chi connectivity index (χ2v) is 4.94. The Morgan fingerprint density at radius 1 is 1.26 bits per heavy atom. The van der Waals surface area contributed by atoms with Crippen molar-refractivity contribution in [2.75, 3.05) is 39.8 Å². The summed E-state index contributed by atoms with van der Waals surface area (Å²) in [6.07, 6.45) is 4.29. The lowest BCUT2D eigenvalue weighted by atomic mass is 9.96. The fourth-order valence-electron chi connectivity index (χ4n) is 2.32. The van der Waals surface area contributed by atoms with Gasteiger partial charge in [0, 0.05) is 19.5 Å².